The monoisotopic (exact) mass is 361 g/mol. The predicted octanol–water partition coefficient (Wildman–Crippen LogP) is 1.91. The molecule has 1 heterocycles. The Morgan fingerprint density at radius 2 is 1.88 bits per heavy atom. The molecule has 2 aromatic rings. The van der Waals surface area contributed by atoms with E-state index in [4.69, 9.17) is 18.9 Å². The minimum absolute atomic E-state index is 0.00276. The van der Waals surface area contributed by atoms with Crippen molar-refractivity contribution in [3.05, 3.63) is 53.8 Å². The molecule has 1 aliphatic rings. The molecule has 0 aromatic heterocycles. The van der Waals surface area contributed by atoms with E-state index in [1.807, 2.05) is 0 Å². The van der Waals surface area contributed by atoms with Crippen LogP contribution < -0.4 is 19.5 Å². The van der Waals surface area contributed by atoms with Gasteiger partial charge in [0.25, 0.3) is 5.91 Å². The molecule has 1 N–H and O–H groups in total. The van der Waals surface area contributed by atoms with Crippen LogP contribution in [0.2, 0.25) is 0 Å². The number of hydrogen-bond acceptors (Lipinski definition) is 6. The largest absolute Gasteiger partial charge is 0.487 e. The van der Waals surface area contributed by atoms with Crippen LogP contribution in [0.15, 0.2) is 42.5 Å². The fourth-order valence-corrected chi connectivity index (χ4v) is 2.21. The highest BCUT2D eigenvalue weighted by Gasteiger charge is 2.16. The Morgan fingerprint density at radius 1 is 1.08 bits per heavy atom. The molecule has 136 valence electrons. The quantitative estimate of drug-likeness (QED) is 0.599. The fourth-order valence-electron chi connectivity index (χ4n) is 2.21. The summed E-state index contributed by atoms with van der Waals surface area (Å²) < 4.78 is 33.8. The van der Waals surface area contributed by atoms with Crippen molar-refractivity contribution >= 4 is 11.9 Å². The normalized spacial score (nSPS) is 11.7. The van der Waals surface area contributed by atoms with Crippen molar-refractivity contribution in [2.75, 3.05) is 26.6 Å². The number of carbonyl (C=O) groups is 2. The van der Waals surface area contributed by atoms with Crippen molar-refractivity contribution in [3.63, 3.8) is 0 Å². The lowest BCUT2D eigenvalue weighted by atomic mass is 10.2. The summed E-state index contributed by atoms with van der Waals surface area (Å²) in [4.78, 5) is 23.7. The molecule has 0 saturated carbocycles. The smallest absolute Gasteiger partial charge is 0.325 e. The molecule has 3 rings (SSSR count). The summed E-state index contributed by atoms with van der Waals surface area (Å²) in [5.41, 5.74) is 0.338. The lowest BCUT2D eigenvalue weighted by molar-refractivity contribution is -0.143. The van der Waals surface area contributed by atoms with Gasteiger partial charge in [-0.1, -0.05) is 12.1 Å². The van der Waals surface area contributed by atoms with E-state index < -0.39 is 17.7 Å². The molecule has 0 spiro atoms. The van der Waals surface area contributed by atoms with Crippen LogP contribution in [0, 0.1) is 5.82 Å². The highest BCUT2D eigenvalue weighted by Crippen LogP contribution is 2.32. The first-order valence-electron chi connectivity index (χ1n) is 7.84. The van der Waals surface area contributed by atoms with Gasteiger partial charge in [-0.3, -0.25) is 9.59 Å². The summed E-state index contributed by atoms with van der Waals surface area (Å²) in [7, 11) is 0. The maximum Gasteiger partial charge on any atom is 0.325 e. The number of para-hydroxylation sites is 1. The zero-order chi connectivity index (χ0) is 18.4. The lowest BCUT2D eigenvalue weighted by Crippen LogP contribution is -2.31. The van der Waals surface area contributed by atoms with Crippen molar-refractivity contribution in [3.8, 4) is 17.2 Å². The SMILES string of the molecule is O=C(CNC(=O)c1ccc2c(c1)OCO2)OCCOc1ccccc1F. The molecule has 0 radical (unpaired) electrons. The van der Waals surface area contributed by atoms with Gasteiger partial charge in [-0.05, 0) is 30.3 Å². The highest BCUT2D eigenvalue weighted by atomic mass is 19.1. The van der Waals surface area contributed by atoms with Gasteiger partial charge < -0.3 is 24.3 Å². The van der Waals surface area contributed by atoms with Gasteiger partial charge in [0.05, 0.1) is 0 Å². The molecule has 26 heavy (non-hydrogen) atoms. The molecule has 0 atom stereocenters. The Labute approximate surface area is 148 Å². The Hall–Kier alpha value is -3.29. The zero-order valence-electron chi connectivity index (χ0n) is 13.7. The molecule has 2 aromatic carbocycles. The van der Waals surface area contributed by atoms with Gasteiger partial charge in [-0.15, -0.1) is 0 Å². The molecule has 1 amide bonds. The van der Waals surface area contributed by atoms with Gasteiger partial charge in [0.2, 0.25) is 6.79 Å². The number of nitrogens with one attached hydrogen (secondary N) is 1. The zero-order valence-corrected chi connectivity index (χ0v) is 13.7. The average Bonchev–Trinajstić information content (AvgIpc) is 3.12. The number of amides is 1. The van der Waals surface area contributed by atoms with Gasteiger partial charge in [-0.25, -0.2) is 4.39 Å². The number of benzene rings is 2. The van der Waals surface area contributed by atoms with Crippen LogP contribution in [-0.2, 0) is 9.53 Å². The summed E-state index contributed by atoms with van der Waals surface area (Å²) in [6, 6.07) is 10.6. The molecule has 0 saturated heterocycles. The van der Waals surface area contributed by atoms with E-state index in [1.54, 1.807) is 24.3 Å². The third kappa shape index (κ3) is 4.41. The maximum atomic E-state index is 13.3. The van der Waals surface area contributed by atoms with E-state index in [1.165, 1.54) is 18.2 Å². The summed E-state index contributed by atoms with van der Waals surface area (Å²) >= 11 is 0. The van der Waals surface area contributed by atoms with Gasteiger partial charge in [-0.2, -0.15) is 0 Å². The molecule has 0 unspecified atom stereocenters. The molecule has 0 fully saturated rings. The molecule has 1 aliphatic heterocycles. The van der Waals surface area contributed by atoms with Gasteiger partial charge in [0.1, 0.15) is 19.8 Å². The van der Waals surface area contributed by atoms with Crippen LogP contribution in [0.25, 0.3) is 0 Å². The van der Waals surface area contributed by atoms with Gasteiger partial charge in [0, 0.05) is 5.56 Å². The van der Waals surface area contributed by atoms with Crippen molar-refractivity contribution in [2.45, 2.75) is 0 Å². The van der Waals surface area contributed by atoms with Crippen molar-refractivity contribution in [1.29, 1.82) is 0 Å². The first kappa shape index (κ1) is 17.5. The second-order valence-electron chi connectivity index (χ2n) is 5.25. The Kier molecular flexibility index (Phi) is 5.52. The van der Waals surface area contributed by atoms with Crippen molar-refractivity contribution in [1.82, 2.24) is 5.32 Å². The van der Waals surface area contributed by atoms with Crippen molar-refractivity contribution in [2.24, 2.45) is 0 Å². The van der Waals surface area contributed by atoms with E-state index >= 15 is 0 Å². The molecular formula is C18H16FNO6. The Balaban J connectivity index is 1.37. The lowest BCUT2D eigenvalue weighted by Gasteiger charge is -2.09. The Morgan fingerprint density at radius 3 is 2.73 bits per heavy atom. The molecule has 8 heteroatoms. The molecule has 0 aliphatic carbocycles. The van der Waals surface area contributed by atoms with Gasteiger partial charge in [0.15, 0.2) is 23.1 Å². The van der Waals surface area contributed by atoms with Crippen LogP contribution in [0.1, 0.15) is 10.4 Å². The summed E-state index contributed by atoms with van der Waals surface area (Å²) in [5.74, 6) is -0.435. The first-order valence-corrected chi connectivity index (χ1v) is 7.84. The number of carbonyl (C=O) groups excluding carboxylic acids is 2. The topological polar surface area (TPSA) is 83.1 Å². The summed E-state index contributed by atoms with van der Waals surface area (Å²) in [5, 5.41) is 2.45. The van der Waals surface area contributed by atoms with Crippen LogP contribution in [-0.4, -0.2) is 38.4 Å². The van der Waals surface area contributed by atoms with E-state index in [-0.39, 0.29) is 32.3 Å². The predicted molar refractivity (Wildman–Crippen MR) is 87.8 cm³/mol. The van der Waals surface area contributed by atoms with E-state index in [0.29, 0.717) is 17.1 Å². The number of fused-ring (bicyclic) bond motifs is 1. The summed E-state index contributed by atoms with van der Waals surface area (Å²) in [6.07, 6.45) is 0. The first-order chi connectivity index (χ1) is 12.6. The second kappa shape index (κ2) is 8.19. The number of hydrogen-bond donors (Lipinski definition) is 1. The summed E-state index contributed by atoms with van der Waals surface area (Å²) in [6.45, 7) is -0.246. The average molecular weight is 361 g/mol. The number of halogens is 1. The van der Waals surface area contributed by atoms with E-state index in [2.05, 4.69) is 5.32 Å². The van der Waals surface area contributed by atoms with E-state index in [9.17, 15) is 14.0 Å². The second-order valence-corrected chi connectivity index (χ2v) is 5.25. The minimum Gasteiger partial charge on any atom is -0.487 e. The van der Waals surface area contributed by atoms with Crippen LogP contribution >= 0.6 is 0 Å². The third-order valence-corrected chi connectivity index (χ3v) is 3.47. The standard InChI is InChI=1S/C18H16FNO6/c19-13-3-1-2-4-14(13)23-7-8-24-17(21)10-20-18(22)12-5-6-15-16(9-12)26-11-25-15/h1-6,9H,7-8,10-11H2,(H,20,22). The number of esters is 1. The molecule has 7 nitrogen and oxygen atoms in total. The maximum absolute atomic E-state index is 13.3. The van der Waals surface area contributed by atoms with Crippen LogP contribution in [0.5, 0.6) is 17.2 Å². The van der Waals surface area contributed by atoms with Gasteiger partial charge >= 0.3 is 5.97 Å². The van der Waals surface area contributed by atoms with Crippen LogP contribution in [0.4, 0.5) is 4.39 Å². The molecule has 0 bridgehead atoms. The number of ether oxygens (including phenoxy) is 4. The van der Waals surface area contributed by atoms with Crippen LogP contribution in [0.3, 0.4) is 0 Å². The minimum atomic E-state index is -0.628. The van der Waals surface area contributed by atoms with Crippen molar-refractivity contribution < 1.29 is 32.9 Å². The third-order valence-electron chi connectivity index (χ3n) is 3.47. The fraction of sp³-hybridized carbons (Fsp3) is 0.222. The highest BCUT2D eigenvalue weighted by molar-refractivity contribution is 5.96. The Bertz CT molecular complexity index is 810. The molecular weight excluding hydrogens is 345 g/mol. The van der Waals surface area contributed by atoms with E-state index in [0.717, 1.165) is 0 Å². The number of rotatable bonds is 7.